The molecule has 1 aliphatic rings. The average molecular weight is 538 g/mol. The normalized spacial score (nSPS) is 14.9. The summed E-state index contributed by atoms with van der Waals surface area (Å²) in [7, 11) is 3.57. The minimum atomic E-state index is -1.05. The summed E-state index contributed by atoms with van der Waals surface area (Å²) in [4.78, 5) is 10.1. The molecule has 0 spiro atoms. The molecule has 0 atom stereocenters. The second-order valence-corrected chi connectivity index (χ2v) is 8.15. The van der Waals surface area contributed by atoms with Crippen LogP contribution in [0.15, 0.2) is 30.3 Å². The van der Waals surface area contributed by atoms with Crippen molar-refractivity contribution in [2.24, 2.45) is 0 Å². The largest absolute Gasteiger partial charge is 1.00 e. The van der Waals surface area contributed by atoms with Gasteiger partial charge in [0.15, 0.2) is 0 Å². The van der Waals surface area contributed by atoms with Crippen LogP contribution in [0.4, 0.5) is 0 Å². The number of hydrogen-bond donors (Lipinski definition) is 0. The molecule has 1 fully saturated rings. The van der Waals surface area contributed by atoms with Crippen LogP contribution in [0.1, 0.15) is 40.2 Å². The second kappa shape index (κ2) is 20.6. The molecule has 0 saturated heterocycles. The summed E-state index contributed by atoms with van der Waals surface area (Å²) >= 11 is 1.96. The summed E-state index contributed by atoms with van der Waals surface area (Å²) in [5.74, 6) is 7.34. The Hall–Kier alpha value is -0.251. The maximum Gasteiger partial charge on any atom is -1.00 e. The Balaban J connectivity index is -0.000000350. The van der Waals surface area contributed by atoms with Gasteiger partial charge in [-0.3, -0.25) is 0 Å². The van der Waals surface area contributed by atoms with Gasteiger partial charge in [0.1, 0.15) is 0 Å². The van der Waals surface area contributed by atoms with E-state index in [0.717, 1.165) is 5.56 Å². The molecule has 1 saturated carbocycles. The molecule has 0 bridgehead atoms. The van der Waals surface area contributed by atoms with Crippen LogP contribution in [0, 0.1) is 36.2 Å². The van der Waals surface area contributed by atoms with Crippen molar-refractivity contribution in [2.75, 3.05) is 21.3 Å². The van der Waals surface area contributed by atoms with E-state index in [4.69, 9.17) is 4.65 Å². The SMILES string of the molecule is COP(OC)OC.C[C]1[C](C)[C](C)[C](C)[C]1C.O=[C-][C](=[Tc+2])c1ccccc1.[C-]#[O+].[Cl-]. The van der Waals surface area contributed by atoms with Gasteiger partial charge >= 0.3 is 89.3 Å². The first-order valence-electron chi connectivity index (χ1n) is 8.53. The first-order valence-corrected chi connectivity index (χ1v) is 10.6. The topological polar surface area (TPSA) is 64.7 Å². The molecule has 0 aromatic heterocycles. The molecule has 0 unspecified atom stereocenters. The van der Waals surface area contributed by atoms with E-state index < -0.39 is 8.60 Å². The van der Waals surface area contributed by atoms with E-state index in [1.54, 1.807) is 21.3 Å². The Kier molecular flexibility index (Phi) is 23.6. The zero-order valence-corrected chi connectivity index (χ0v) is 22.1. The standard InChI is InChI=1S/C10H15.C8H5O.C3H9O3P.CO.ClH.Tc/c1-6-7(2)9(4)10(5)8(6)3;9-7-6-8-4-2-1-3-5-8;1-4-7(5-2)6-3;1-2;;/h1-5H3;1-5H;1-3H3;;1H;/q;-1;;;;+2/p-1. The molecule has 1 aromatic carbocycles. The molecule has 0 N–H and O–H groups in total. The van der Waals surface area contributed by atoms with Gasteiger partial charge in [-0.15, -0.1) is 0 Å². The summed E-state index contributed by atoms with van der Waals surface area (Å²) < 4.78 is 22.1. The van der Waals surface area contributed by atoms with Crippen molar-refractivity contribution < 1.29 is 53.9 Å². The molecule has 0 amide bonds. The van der Waals surface area contributed by atoms with Gasteiger partial charge in [0.2, 0.25) is 0 Å². The zero-order chi connectivity index (χ0) is 23.0. The van der Waals surface area contributed by atoms with Crippen LogP contribution in [0.25, 0.3) is 0 Å². The van der Waals surface area contributed by atoms with E-state index in [1.165, 1.54) is 29.6 Å². The number of carbonyl (C=O) groups excluding carboxylic acids is 1. The van der Waals surface area contributed by atoms with Gasteiger partial charge in [0.25, 0.3) is 0 Å². The predicted molar refractivity (Wildman–Crippen MR) is 113 cm³/mol. The van der Waals surface area contributed by atoms with Crippen LogP contribution in [-0.4, -0.2) is 31.6 Å². The molecular weight excluding hydrogens is 509 g/mol. The second-order valence-electron chi connectivity index (χ2n) is 5.68. The van der Waals surface area contributed by atoms with E-state index in [0.29, 0.717) is 4.02 Å². The van der Waals surface area contributed by atoms with Crippen LogP contribution in [-0.2, 0) is 41.5 Å². The van der Waals surface area contributed by atoms with E-state index in [-0.39, 0.29) is 12.4 Å². The van der Waals surface area contributed by atoms with Gasteiger partial charge in [0.05, 0.1) is 0 Å². The third kappa shape index (κ3) is 12.6. The first kappa shape index (κ1) is 34.4. The fourth-order valence-electron chi connectivity index (χ4n) is 2.27. The molecule has 1 aromatic rings. The zero-order valence-electron chi connectivity index (χ0n) is 18.6. The van der Waals surface area contributed by atoms with Crippen molar-refractivity contribution in [2.45, 2.75) is 34.6 Å². The van der Waals surface area contributed by atoms with Crippen LogP contribution in [0.2, 0.25) is 0 Å². The van der Waals surface area contributed by atoms with Crippen LogP contribution >= 0.6 is 8.60 Å². The van der Waals surface area contributed by atoms with Gasteiger partial charge < -0.3 is 26.0 Å². The minimum Gasteiger partial charge on any atom is -1.00 e. The van der Waals surface area contributed by atoms with Gasteiger partial charge in [-0.25, -0.2) is 0 Å². The number of hydrogen-bond acceptors (Lipinski definition) is 4. The molecule has 5 nitrogen and oxygen atoms in total. The van der Waals surface area contributed by atoms with E-state index in [9.17, 15) is 4.79 Å². The van der Waals surface area contributed by atoms with E-state index in [2.05, 4.69) is 54.8 Å². The first-order chi connectivity index (χ1) is 13.7. The van der Waals surface area contributed by atoms with Crippen LogP contribution in [0.5, 0.6) is 0 Å². The quantitative estimate of drug-likeness (QED) is 0.327. The van der Waals surface area contributed by atoms with Crippen molar-refractivity contribution in [1.29, 1.82) is 0 Å². The molecular formula is C22H29ClO5PTc. The average Bonchev–Trinajstić information content (AvgIpc) is 2.95. The van der Waals surface area contributed by atoms with Crippen molar-refractivity contribution in [1.82, 2.24) is 0 Å². The number of halogens is 1. The molecule has 166 valence electrons. The van der Waals surface area contributed by atoms with Crippen molar-refractivity contribution in [3.63, 3.8) is 0 Å². The van der Waals surface area contributed by atoms with Crippen molar-refractivity contribution in [3.8, 4) is 0 Å². The monoisotopic (exact) mass is 536 g/mol. The fraction of sp³-hybridized carbons (Fsp3) is 0.364. The van der Waals surface area contributed by atoms with E-state index in [1.807, 2.05) is 55.1 Å². The fourth-order valence-corrected chi connectivity index (χ4v) is 3.03. The number of rotatable bonds is 5. The third-order valence-electron chi connectivity index (χ3n) is 4.38. The summed E-state index contributed by atoms with van der Waals surface area (Å²) in [5.41, 5.74) is 0.929. The van der Waals surface area contributed by atoms with E-state index >= 15 is 0 Å². The minimum absolute atomic E-state index is 0. The van der Waals surface area contributed by atoms with Gasteiger partial charge in [0, 0.05) is 21.3 Å². The number of benzene rings is 1. The summed E-state index contributed by atoms with van der Waals surface area (Å²) in [6.07, 6.45) is 1.83. The Morgan fingerprint density at radius 2 is 1.13 bits per heavy atom. The Labute approximate surface area is 200 Å². The molecule has 0 aliphatic heterocycles. The van der Waals surface area contributed by atoms with Crippen LogP contribution in [0.3, 0.4) is 0 Å². The summed E-state index contributed by atoms with van der Waals surface area (Å²) in [6, 6.07) is 9.47. The Bertz CT molecular complexity index is 533. The molecule has 2 rings (SSSR count). The molecule has 1 aliphatic carbocycles. The molecule has 30 heavy (non-hydrogen) atoms. The van der Waals surface area contributed by atoms with Crippen LogP contribution < -0.4 is 12.4 Å². The molecule has 8 heteroatoms. The van der Waals surface area contributed by atoms with Gasteiger partial charge in [-0.1, -0.05) is 34.6 Å². The Morgan fingerprint density at radius 1 is 0.833 bits per heavy atom. The van der Waals surface area contributed by atoms with Crippen molar-refractivity contribution >= 4 is 18.9 Å². The smallest absolute Gasteiger partial charge is 1.00 e. The maximum atomic E-state index is 10.1. The maximum absolute atomic E-state index is 10.1. The molecule has 0 heterocycles. The van der Waals surface area contributed by atoms with Gasteiger partial charge in [-0.2, -0.15) is 0 Å². The Morgan fingerprint density at radius 3 is 1.33 bits per heavy atom. The summed E-state index contributed by atoms with van der Waals surface area (Å²) in [6.45, 7) is 15.5. The summed E-state index contributed by atoms with van der Waals surface area (Å²) in [5, 5.41) is 0. The van der Waals surface area contributed by atoms with Crippen molar-refractivity contribution in [3.05, 3.63) is 72.1 Å². The van der Waals surface area contributed by atoms with Gasteiger partial charge in [-0.05, 0) is 29.6 Å². The molecule has 5 radical (unpaired) electrons. The third-order valence-corrected chi connectivity index (χ3v) is 6.00. The predicted octanol–water partition coefficient (Wildman–Crippen LogP) is 1.95.